The van der Waals surface area contributed by atoms with Gasteiger partial charge in [0.05, 0.1) is 11.7 Å². The van der Waals surface area contributed by atoms with Crippen LogP contribution in [0.5, 0.6) is 0 Å². The maximum Gasteiger partial charge on any atom is 0.262 e. The number of nitrogens with one attached hydrogen (secondary N) is 1. The van der Waals surface area contributed by atoms with Crippen LogP contribution < -0.4 is 10.9 Å². The Morgan fingerprint density at radius 3 is 2.74 bits per heavy atom. The summed E-state index contributed by atoms with van der Waals surface area (Å²) in [6.07, 6.45) is 3.09. The summed E-state index contributed by atoms with van der Waals surface area (Å²) in [6, 6.07) is 1.79. The van der Waals surface area contributed by atoms with Crippen molar-refractivity contribution in [3.63, 3.8) is 0 Å². The molecular formula is C20H30N4O2S. The van der Waals surface area contributed by atoms with Crippen LogP contribution in [0.1, 0.15) is 40.5 Å². The fourth-order valence-electron chi connectivity index (χ4n) is 3.95. The van der Waals surface area contributed by atoms with E-state index in [2.05, 4.69) is 42.9 Å². The molecule has 2 atom stereocenters. The molecule has 6 nitrogen and oxygen atoms in total. The third-order valence-corrected chi connectivity index (χ3v) is 6.29. The van der Waals surface area contributed by atoms with Crippen LogP contribution in [-0.2, 0) is 11.3 Å². The quantitative estimate of drug-likeness (QED) is 0.824. The molecule has 0 bridgehead atoms. The van der Waals surface area contributed by atoms with Crippen LogP contribution in [0.2, 0.25) is 0 Å². The van der Waals surface area contributed by atoms with E-state index in [4.69, 9.17) is 0 Å². The molecule has 2 aromatic heterocycles. The lowest BCUT2D eigenvalue weighted by Crippen LogP contribution is -2.56. The van der Waals surface area contributed by atoms with Crippen molar-refractivity contribution in [3.8, 4) is 0 Å². The number of carbonyl (C=O) groups excluding carboxylic acids is 1. The number of aryl methyl sites for hydroxylation is 1. The molecule has 3 heterocycles. The van der Waals surface area contributed by atoms with E-state index >= 15 is 0 Å². The maximum atomic E-state index is 12.4. The van der Waals surface area contributed by atoms with Crippen LogP contribution in [0.4, 0.5) is 0 Å². The first-order valence-electron chi connectivity index (χ1n) is 9.70. The fraction of sp³-hybridized carbons (Fsp3) is 0.650. The molecule has 0 aromatic carbocycles. The first kappa shape index (κ1) is 20.0. The Kier molecular flexibility index (Phi) is 6.01. The molecular weight excluding hydrogens is 360 g/mol. The van der Waals surface area contributed by atoms with Crippen molar-refractivity contribution in [1.29, 1.82) is 0 Å². The molecule has 0 spiro atoms. The van der Waals surface area contributed by atoms with Crippen molar-refractivity contribution in [3.05, 3.63) is 28.1 Å². The molecule has 2 aromatic rings. The Labute approximate surface area is 164 Å². The number of thiophene rings is 1. The summed E-state index contributed by atoms with van der Waals surface area (Å²) in [6.45, 7) is 12.1. The lowest BCUT2D eigenvalue weighted by Gasteiger charge is -2.45. The van der Waals surface area contributed by atoms with Crippen LogP contribution in [0.25, 0.3) is 10.2 Å². The fourth-order valence-corrected chi connectivity index (χ4v) is 4.67. The van der Waals surface area contributed by atoms with Gasteiger partial charge in [0.25, 0.3) is 5.56 Å². The molecule has 2 unspecified atom stereocenters. The minimum Gasteiger partial charge on any atom is -0.354 e. The van der Waals surface area contributed by atoms with Crippen molar-refractivity contribution < 1.29 is 4.79 Å². The van der Waals surface area contributed by atoms with Gasteiger partial charge in [-0.2, -0.15) is 0 Å². The molecule has 7 heteroatoms. The van der Waals surface area contributed by atoms with Gasteiger partial charge in [0.2, 0.25) is 5.91 Å². The van der Waals surface area contributed by atoms with Gasteiger partial charge in [-0.25, -0.2) is 4.98 Å². The average molecular weight is 391 g/mol. The number of aromatic nitrogens is 2. The van der Waals surface area contributed by atoms with Gasteiger partial charge in [0, 0.05) is 38.1 Å². The summed E-state index contributed by atoms with van der Waals surface area (Å²) in [4.78, 5) is 32.2. The first-order valence-corrected chi connectivity index (χ1v) is 10.6. The zero-order valence-electron chi connectivity index (χ0n) is 16.7. The number of amides is 1. The van der Waals surface area contributed by atoms with Gasteiger partial charge >= 0.3 is 0 Å². The number of hydrogen-bond donors (Lipinski definition) is 1. The molecule has 0 aliphatic carbocycles. The van der Waals surface area contributed by atoms with Crippen LogP contribution in [0.15, 0.2) is 22.6 Å². The number of carbonyl (C=O) groups is 1. The van der Waals surface area contributed by atoms with Gasteiger partial charge in [0.1, 0.15) is 4.83 Å². The zero-order valence-corrected chi connectivity index (χ0v) is 17.5. The molecule has 1 aliphatic rings. The first-order chi connectivity index (χ1) is 12.8. The number of fused-ring (bicyclic) bond motifs is 1. The third kappa shape index (κ3) is 4.76. The van der Waals surface area contributed by atoms with Gasteiger partial charge in [0.15, 0.2) is 0 Å². The predicted octanol–water partition coefficient (Wildman–Crippen LogP) is 2.72. The van der Waals surface area contributed by atoms with Crippen LogP contribution in [0.3, 0.4) is 0 Å². The Bertz CT molecular complexity index is 847. The molecule has 3 rings (SSSR count). The largest absolute Gasteiger partial charge is 0.354 e. The van der Waals surface area contributed by atoms with E-state index < -0.39 is 0 Å². The summed E-state index contributed by atoms with van der Waals surface area (Å²) < 4.78 is 1.52. The number of rotatable bonds is 6. The number of likely N-dealkylation sites (tertiary alicyclic amines) is 1. The van der Waals surface area contributed by atoms with Crippen molar-refractivity contribution in [2.24, 2.45) is 11.8 Å². The summed E-state index contributed by atoms with van der Waals surface area (Å²) in [7, 11) is 0. The van der Waals surface area contributed by atoms with Gasteiger partial charge in [-0.15, -0.1) is 11.3 Å². The second-order valence-corrected chi connectivity index (χ2v) is 9.47. The Hall–Kier alpha value is -1.73. The highest BCUT2D eigenvalue weighted by Crippen LogP contribution is 2.26. The van der Waals surface area contributed by atoms with E-state index in [0.717, 1.165) is 17.9 Å². The van der Waals surface area contributed by atoms with E-state index in [-0.39, 0.29) is 23.4 Å². The smallest absolute Gasteiger partial charge is 0.262 e. The number of nitrogens with zero attached hydrogens (tertiary/aromatic N) is 3. The van der Waals surface area contributed by atoms with Gasteiger partial charge in [-0.1, -0.05) is 13.8 Å². The Morgan fingerprint density at radius 2 is 2.04 bits per heavy atom. The standard InChI is InChI=1S/C20H30N4O2S/c1-14-9-15(2)11-24(10-14)20(3,4)12-21-17(25)5-7-23-13-22-18-16(19(23)26)6-8-27-18/h6,8,13-15H,5,7,9-12H2,1-4H3,(H,21,25). The molecule has 1 amide bonds. The van der Waals surface area contributed by atoms with Gasteiger partial charge in [-0.05, 0) is 43.6 Å². The molecule has 1 N–H and O–H groups in total. The van der Waals surface area contributed by atoms with E-state index in [1.165, 1.54) is 28.7 Å². The SMILES string of the molecule is CC1CC(C)CN(C(C)(C)CNC(=O)CCn2cnc3sccc3c2=O)C1. The molecule has 1 aliphatic heterocycles. The highest BCUT2D eigenvalue weighted by Gasteiger charge is 2.32. The summed E-state index contributed by atoms with van der Waals surface area (Å²) in [5, 5.41) is 5.54. The van der Waals surface area contributed by atoms with Crippen molar-refractivity contribution >= 4 is 27.5 Å². The summed E-state index contributed by atoms with van der Waals surface area (Å²) in [5.41, 5.74) is -0.155. The molecule has 1 saturated heterocycles. The van der Waals surface area contributed by atoms with Gasteiger partial charge < -0.3 is 5.32 Å². The number of piperidine rings is 1. The van der Waals surface area contributed by atoms with Crippen LogP contribution in [0, 0.1) is 11.8 Å². The minimum atomic E-state index is -0.0781. The Morgan fingerprint density at radius 1 is 1.33 bits per heavy atom. The third-order valence-electron chi connectivity index (χ3n) is 5.47. The highest BCUT2D eigenvalue weighted by molar-refractivity contribution is 7.16. The minimum absolute atomic E-state index is 0.0292. The van der Waals surface area contributed by atoms with E-state index in [0.29, 0.717) is 30.3 Å². The normalized spacial score (nSPS) is 21.5. The molecule has 1 fully saturated rings. The lowest BCUT2D eigenvalue weighted by atomic mass is 9.88. The van der Waals surface area contributed by atoms with Crippen molar-refractivity contribution in [2.45, 2.75) is 52.6 Å². The summed E-state index contributed by atoms with van der Waals surface area (Å²) >= 11 is 1.45. The lowest BCUT2D eigenvalue weighted by molar-refractivity contribution is -0.122. The zero-order chi connectivity index (χ0) is 19.6. The second kappa shape index (κ2) is 8.10. The average Bonchev–Trinajstić information content (AvgIpc) is 3.08. The van der Waals surface area contributed by atoms with E-state index in [1.807, 2.05) is 5.38 Å². The van der Waals surface area contributed by atoms with Crippen LogP contribution >= 0.6 is 11.3 Å². The number of hydrogen-bond acceptors (Lipinski definition) is 5. The van der Waals surface area contributed by atoms with E-state index in [9.17, 15) is 9.59 Å². The Balaban J connectivity index is 1.53. The monoisotopic (exact) mass is 390 g/mol. The second-order valence-electron chi connectivity index (χ2n) is 8.57. The molecule has 0 saturated carbocycles. The predicted molar refractivity (Wildman–Crippen MR) is 110 cm³/mol. The van der Waals surface area contributed by atoms with Crippen LogP contribution in [-0.4, -0.2) is 45.5 Å². The highest BCUT2D eigenvalue weighted by atomic mass is 32.1. The molecule has 27 heavy (non-hydrogen) atoms. The van der Waals surface area contributed by atoms with Crippen molar-refractivity contribution in [1.82, 2.24) is 19.8 Å². The maximum absolute atomic E-state index is 12.4. The molecule has 0 radical (unpaired) electrons. The van der Waals surface area contributed by atoms with Crippen molar-refractivity contribution in [2.75, 3.05) is 19.6 Å². The topological polar surface area (TPSA) is 67.2 Å². The van der Waals surface area contributed by atoms with Gasteiger partial charge in [-0.3, -0.25) is 19.1 Å². The summed E-state index contributed by atoms with van der Waals surface area (Å²) in [5.74, 6) is 1.35. The van der Waals surface area contributed by atoms with E-state index in [1.54, 1.807) is 6.07 Å². The molecule has 148 valence electrons.